The Morgan fingerprint density at radius 1 is 1.18 bits per heavy atom. The molecule has 1 N–H and O–H groups in total. The lowest BCUT2D eigenvalue weighted by atomic mass is 10.1. The average Bonchev–Trinajstić information content (AvgIpc) is 3.04. The van der Waals surface area contributed by atoms with Crippen molar-refractivity contribution in [3.05, 3.63) is 53.1 Å². The SMILES string of the molecule is COc1cc(F)cc(F)c1N[S+]([O-])c1ccc2c(c1)CN(C(=O)C(F)(F)F)C2. The molecule has 1 unspecified atom stereocenters. The van der Waals surface area contributed by atoms with Crippen molar-refractivity contribution in [1.29, 1.82) is 0 Å². The molecule has 2 aromatic carbocycles. The molecular formula is C17H13F5N2O3S. The number of nitrogens with one attached hydrogen (secondary N) is 1. The van der Waals surface area contributed by atoms with Gasteiger partial charge < -0.3 is 14.2 Å². The normalized spacial score (nSPS) is 14.6. The van der Waals surface area contributed by atoms with E-state index in [2.05, 4.69) is 4.72 Å². The molecule has 1 heterocycles. The van der Waals surface area contributed by atoms with Crippen molar-refractivity contribution >= 4 is 23.0 Å². The number of methoxy groups -OCH3 is 1. The van der Waals surface area contributed by atoms with Gasteiger partial charge in [-0.15, -0.1) is 0 Å². The molecule has 0 radical (unpaired) electrons. The van der Waals surface area contributed by atoms with E-state index in [0.29, 0.717) is 22.1 Å². The Kier molecular flexibility index (Phi) is 5.39. The molecule has 0 aromatic heterocycles. The number of carbonyl (C=O) groups excluding carboxylic acids is 1. The van der Waals surface area contributed by atoms with E-state index >= 15 is 0 Å². The number of amides is 1. The van der Waals surface area contributed by atoms with Crippen molar-refractivity contribution in [3.8, 4) is 5.75 Å². The summed E-state index contributed by atoms with van der Waals surface area (Å²) >= 11 is -2.01. The first-order chi connectivity index (χ1) is 13.1. The molecule has 1 atom stereocenters. The summed E-state index contributed by atoms with van der Waals surface area (Å²) in [6.07, 6.45) is -4.98. The molecule has 1 aliphatic heterocycles. The summed E-state index contributed by atoms with van der Waals surface area (Å²) in [5.41, 5.74) is 0.567. The van der Waals surface area contributed by atoms with Gasteiger partial charge in [-0.3, -0.25) is 4.79 Å². The predicted molar refractivity (Wildman–Crippen MR) is 89.7 cm³/mol. The van der Waals surface area contributed by atoms with Crippen molar-refractivity contribution in [1.82, 2.24) is 4.90 Å². The molecule has 1 amide bonds. The highest BCUT2D eigenvalue weighted by atomic mass is 32.2. The molecule has 0 saturated heterocycles. The first-order valence-corrected chi connectivity index (χ1v) is 8.94. The molecule has 2 aromatic rings. The van der Waals surface area contributed by atoms with Gasteiger partial charge in [-0.1, -0.05) is 6.07 Å². The Labute approximate surface area is 159 Å². The molecule has 0 aliphatic carbocycles. The van der Waals surface area contributed by atoms with Crippen LogP contribution in [0.25, 0.3) is 0 Å². The van der Waals surface area contributed by atoms with Crippen LogP contribution in [-0.2, 0) is 29.2 Å². The van der Waals surface area contributed by atoms with Crippen LogP contribution in [0.4, 0.5) is 27.6 Å². The van der Waals surface area contributed by atoms with Crippen molar-refractivity contribution in [2.45, 2.75) is 24.2 Å². The fraction of sp³-hybridized carbons (Fsp3) is 0.235. The van der Waals surface area contributed by atoms with Crippen LogP contribution >= 0.6 is 0 Å². The molecule has 150 valence electrons. The van der Waals surface area contributed by atoms with Gasteiger partial charge in [0.1, 0.15) is 17.2 Å². The number of anilines is 1. The first kappa shape index (κ1) is 20.2. The number of hydrogen-bond donors (Lipinski definition) is 1. The fourth-order valence-corrected chi connectivity index (χ4v) is 3.71. The number of carbonyl (C=O) groups is 1. The molecular weight excluding hydrogens is 407 g/mol. The summed E-state index contributed by atoms with van der Waals surface area (Å²) in [5.74, 6) is -4.05. The van der Waals surface area contributed by atoms with Crippen LogP contribution < -0.4 is 9.46 Å². The van der Waals surface area contributed by atoms with Gasteiger partial charge in [0.15, 0.2) is 22.1 Å². The van der Waals surface area contributed by atoms with Gasteiger partial charge in [0.05, 0.1) is 7.11 Å². The Hall–Kier alpha value is -2.53. The van der Waals surface area contributed by atoms with Gasteiger partial charge in [0.25, 0.3) is 0 Å². The summed E-state index contributed by atoms with van der Waals surface area (Å²) in [6.45, 7) is -0.499. The molecule has 0 saturated carbocycles. The molecule has 11 heteroatoms. The van der Waals surface area contributed by atoms with Gasteiger partial charge in [0, 0.05) is 31.3 Å². The van der Waals surface area contributed by atoms with E-state index in [1.165, 1.54) is 25.3 Å². The maximum atomic E-state index is 14.0. The summed E-state index contributed by atoms with van der Waals surface area (Å²) in [6, 6.07) is 5.71. The number of fused-ring (bicyclic) bond motifs is 1. The molecule has 1 aliphatic rings. The van der Waals surface area contributed by atoms with Gasteiger partial charge in [0.2, 0.25) is 0 Å². The third kappa shape index (κ3) is 3.99. The number of rotatable bonds is 4. The topological polar surface area (TPSA) is 64.6 Å². The average molecular weight is 420 g/mol. The molecule has 0 fully saturated rings. The lowest BCUT2D eigenvalue weighted by molar-refractivity contribution is -0.186. The lowest BCUT2D eigenvalue weighted by Crippen LogP contribution is -2.37. The maximum absolute atomic E-state index is 14.0. The number of ether oxygens (including phenoxy) is 1. The second-order valence-corrected chi connectivity index (χ2v) is 7.14. The minimum atomic E-state index is -4.98. The number of halogens is 5. The Morgan fingerprint density at radius 3 is 2.50 bits per heavy atom. The van der Waals surface area contributed by atoms with E-state index in [0.717, 1.165) is 6.07 Å². The maximum Gasteiger partial charge on any atom is 0.471 e. The molecule has 3 rings (SSSR count). The van der Waals surface area contributed by atoms with Crippen LogP contribution in [0, 0.1) is 11.6 Å². The zero-order valence-corrected chi connectivity index (χ0v) is 15.1. The zero-order valence-electron chi connectivity index (χ0n) is 14.3. The Morgan fingerprint density at radius 2 is 1.86 bits per heavy atom. The highest BCUT2D eigenvalue weighted by Gasteiger charge is 2.44. The molecule has 5 nitrogen and oxygen atoms in total. The molecule has 0 spiro atoms. The van der Waals surface area contributed by atoms with Crippen LogP contribution in [0.1, 0.15) is 11.1 Å². The largest absolute Gasteiger partial charge is 0.588 e. The minimum Gasteiger partial charge on any atom is -0.588 e. The van der Waals surface area contributed by atoms with E-state index in [1.54, 1.807) is 0 Å². The van der Waals surface area contributed by atoms with Crippen LogP contribution in [0.5, 0.6) is 5.75 Å². The predicted octanol–water partition coefficient (Wildman–Crippen LogP) is 3.51. The second kappa shape index (κ2) is 7.47. The fourth-order valence-electron chi connectivity index (χ4n) is 2.77. The van der Waals surface area contributed by atoms with Gasteiger partial charge >= 0.3 is 12.1 Å². The molecule has 28 heavy (non-hydrogen) atoms. The summed E-state index contributed by atoms with van der Waals surface area (Å²) < 4.78 is 84.7. The number of benzene rings is 2. The van der Waals surface area contributed by atoms with Gasteiger partial charge in [-0.25, -0.2) is 8.78 Å². The highest BCUT2D eigenvalue weighted by molar-refractivity contribution is 7.92. The minimum absolute atomic E-state index is 0.144. The van der Waals surface area contributed by atoms with Crippen LogP contribution in [0.2, 0.25) is 0 Å². The summed E-state index contributed by atoms with van der Waals surface area (Å²) in [4.78, 5) is 12.1. The van der Waals surface area contributed by atoms with Gasteiger partial charge in [-0.05, 0) is 17.2 Å². The standard InChI is InChI=1S/C17H13F5N2O3S/c1-27-14-6-11(18)5-13(19)15(14)23-28(26)12-3-2-9-7-24(8-10(9)4-12)16(25)17(20,21)22/h2-6,23H,7-8H2,1H3. The highest BCUT2D eigenvalue weighted by Crippen LogP contribution is 2.33. The van der Waals surface area contributed by atoms with E-state index in [9.17, 15) is 31.3 Å². The first-order valence-electron chi connectivity index (χ1n) is 7.79. The monoisotopic (exact) mass is 420 g/mol. The van der Waals surface area contributed by atoms with Crippen molar-refractivity contribution < 1.29 is 36.0 Å². The summed E-state index contributed by atoms with van der Waals surface area (Å²) in [5, 5.41) is 0. The smallest absolute Gasteiger partial charge is 0.471 e. The van der Waals surface area contributed by atoms with Crippen molar-refractivity contribution in [3.63, 3.8) is 0 Å². The van der Waals surface area contributed by atoms with E-state index in [-0.39, 0.29) is 29.4 Å². The van der Waals surface area contributed by atoms with Gasteiger partial charge in [-0.2, -0.15) is 17.9 Å². The number of nitrogens with zero attached hydrogens (tertiary/aromatic N) is 1. The van der Waals surface area contributed by atoms with Crippen molar-refractivity contribution in [2.75, 3.05) is 11.8 Å². The zero-order chi connectivity index (χ0) is 20.6. The van der Waals surface area contributed by atoms with Crippen molar-refractivity contribution in [2.24, 2.45) is 0 Å². The van der Waals surface area contributed by atoms with E-state index in [1.807, 2.05) is 0 Å². The van der Waals surface area contributed by atoms with E-state index in [4.69, 9.17) is 4.74 Å². The van der Waals surface area contributed by atoms with Crippen LogP contribution in [0.3, 0.4) is 0 Å². The molecule has 0 bridgehead atoms. The number of alkyl halides is 3. The Bertz CT molecular complexity index is 922. The quantitative estimate of drug-likeness (QED) is 0.608. The second-order valence-electron chi connectivity index (χ2n) is 5.93. The Balaban J connectivity index is 1.80. The van der Waals surface area contributed by atoms with Crippen LogP contribution in [-0.4, -0.2) is 28.6 Å². The van der Waals surface area contributed by atoms with Crippen LogP contribution in [0.15, 0.2) is 35.2 Å². The summed E-state index contributed by atoms with van der Waals surface area (Å²) in [7, 11) is 1.18. The third-order valence-electron chi connectivity index (χ3n) is 4.08. The third-order valence-corrected chi connectivity index (χ3v) is 5.15. The number of hydrogen-bond acceptors (Lipinski definition) is 4. The lowest BCUT2D eigenvalue weighted by Gasteiger charge is -2.16. The van der Waals surface area contributed by atoms with E-state index < -0.39 is 35.1 Å².